The molecule has 1 aromatic heterocycles. The van der Waals surface area contributed by atoms with Crippen molar-refractivity contribution in [3.05, 3.63) is 64.9 Å². The number of carbonyl (C=O) groups excluding carboxylic acids is 2. The molecule has 0 unspecified atom stereocenters. The molecule has 128 valence electrons. The summed E-state index contributed by atoms with van der Waals surface area (Å²) < 4.78 is 5.53. The number of fused-ring (bicyclic) bond motifs is 1. The molecule has 0 spiro atoms. The maximum Gasteiger partial charge on any atom is 0.234 e. The molecular formula is C19H16ClNO3S. The molecule has 25 heavy (non-hydrogen) atoms. The highest BCUT2D eigenvalue weighted by atomic mass is 35.5. The van der Waals surface area contributed by atoms with E-state index in [0.29, 0.717) is 16.4 Å². The molecule has 0 aliphatic heterocycles. The van der Waals surface area contributed by atoms with Gasteiger partial charge in [0.25, 0.3) is 0 Å². The molecule has 1 amide bonds. The zero-order valence-corrected chi connectivity index (χ0v) is 15.1. The van der Waals surface area contributed by atoms with E-state index in [1.807, 2.05) is 31.2 Å². The Labute approximate surface area is 154 Å². The molecule has 0 radical (unpaired) electrons. The maximum atomic E-state index is 12.2. The molecule has 3 aromatic rings. The zero-order chi connectivity index (χ0) is 17.8. The van der Waals surface area contributed by atoms with E-state index in [9.17, 15) is 9.59 Å². The van der Waals surface area contributed by atoms with Gasteiger partial charge < -0.3 is 9.73 Å². The van der Waals surface area contributed by atoms with Gasteiger partial charge in [-0.1, -0.05) is 29.8 Å². The van der Waals surface area contributed by atoms with Gasteiger partial charge in [-0.25, -0.2) is 0 Å². The van der Waals surface area contributed by atoms with Crippen LogP contribution in [0.25, 0.3) is 11.0 Å². The molecule has 1 heterocycles. The Kier molecular flexibility index (Phi) is 5.46. The molecule has 3 rings (SSSR count). The van der Waals surface area contributed by atoms with Crippen molar-refractivity contribution in [1.82, 2.24) is 0 Å². The van der Waals surface area contributed by atoms with Crippen LogP contribution in [0.4, 0.5) is 5.69 Å². The predicted octanol–water partition coefficient (Wildman–Crippen LogP) is 4.95. The number of aryl methyl sites for hydroxylation is 1. The molecule has 0 aliphatic rings. The molecule has 0 aliphatic carbocycles. The number of benzene rings is 2. The van der Waals surface area contributed by atoms with Crippen LogP contribution in [-0.4, -0.2) is 23.2 Å². The van der Waals surface area contributed by atoms with Crippen LogP contribution < -0.4 is 5.32 Å². The number of ketones is 1. The first-order valence-corrected chi connectivity index (χ1v) is 9.22. The first kappa shape index (κ1) is 17.6. The molecule has 0 saturated heterocycles. The molecule has 0 bridgehead atoms. The summed E-state index contributed by atoms with van der Waals surface area (Å²) in [6, 6.07) is 14.5. The van der Waals surface area contributed by atoms with E-state index in [1.54, 1.807) is 24.3 Å². The summed E-state index contributed by atoms with van der Waals surface area (Å²) in [6.45, 7) is 1.87. The zero-order valence-electron chi connectivity index (χ0n) is 13.5. The quantitative estimate of drug-likeness (QED) is 0.621. The third kappa shape index (κ3) is 4.44. The summed E-state index contributed by atoms with van der Waals surface area (Å²) in [7, 11) is 0. The number of Topliss-reactive ketones (excluding diaryl/α,β-unsaturated/α-hetero) is 1. The van der Waals surface area contributed by atoms with Gasteiger partial charge in [-0.05, 0) is 42.8 Å². The minimum absolute atomic E-state index is 0.128. The van der Waals surface area contributed by atoms with Crippen LogP contribution in [0.2, 0.25) is 5.02 Å². The number of amides is 1. The third-order valence-corrected chi connectivity index (χ3v) is 4.80. The van der Waals surface area contributed by atoms with Crippen LogP contribution in [0.15, 0.2) is 52.9 Å². The summed E-state index contributed by atoms with van der Waals surface area (Å²) in [5, 5.41) is 4.34. The Morgan fingerprint density at radius 1 is 1.12 bits per heavy atom. The van der Waals surface area contributed by atoms with Gasteiger partial charge >= 0.3 is 0 Å². The van der Waals surface area contributed by atoms with E-state index in [1.165, 1.54) is 11.8 Å². The highest BCUT2D eigenvalue weighted by Gasteiger charge is 2.13. The van der Waals surface area contributed by atoms with Gasteiger partial charge in [0.15, 0.2) is 5.76 Å². The molecule has 1 N–H and O–H groups in total. The highest BCUT2D eigenvalue weighted by molar-refractivity contribution is 8.00. The summed E-state index contributed by atoms with van der Waals surface area (Å²) in [5.41, 5.74) is 2.30. The number of thioether (sulfide) groups is 1. The fourth-order valence-electron chi connectivity index (χ4n) is 2.38. The molecule has 6 heteroatoms. The van der Waals surface area contributed by atoms with Gasteiger partial charge in [0, 0.05) is 16.1 Å². The Balaban J connectivity index is 1.51. The van der Waals surface area contributed by atoms with Crippen molar-refractivity contribution in [2.75, 3.05) is 16.8 Å². The molecular weight excluding hydrogens is 358 g/mol. The van der Waals surface area contributed by atoms with Crippen LogP contribution in [-0.2, 0) is 4.79 Å². The number of anilines is 1. The average Bonchev–Trinajstić information content (AvgIpc) is 3.01. The lowest BCUT2D eigenvalue weighted by molar-refractivity contribution is -0.113. The minimum Gasteiger partial charge on any atom is -0.453 e. The number of hydrogen-bond acceptors (Lipinski definition) is 4. The van der Waals surface area contributed by atoms with Gasteiger partial charge in [0.2, 0.25) is 11.7 Å². The smallest absolute Gasteiger partial charge is 0.234 e. The largest absolute Gasteiger partial charge is 0.453 e. The summed E-state index contributed by atoms with van der Waals surface area (Å²) in [5.74, 6) is 0.410. The van der Waals surface area contributed by atoms with Crippen LogP contribution in [0.3, 0.4) is 0 Å². The van der Waals surface area contributed by atoms with Crippen molar-refractivity contribution in [1.29, 1.82) is 0 Å². The summed E-state index contributed by atoms with van der Waals surface area (Å²) in [4.78, 5) is 24.2. The van der Waals surface area contributed by atoms with Crippen LogP contribution in [0.5, 0.6) is 0 Å². The highest BCUT2D eigenvalue weighted by Crippen LogP contribution is 2.21. The Morgan fingerprint density at radius 2 is 1.92 bits per heavy atom. The maximum absolute atomic E-state index is 12.2. The van der Waals surface area contributed by atoms with Crippen molar-refractivity contribution < 1.29 is 14.0 Å². The molecule has 2 aromatic carbocycles. The van der Waals surface area contributed by atoms with Crippen molar-refractivity contribution >= 4 is 51.7 Å². The van der Waals surface area contributed by atoms with Crippen molar-refractivity contribution in [2.24, 2.45) is 0 Å². The van der Waals surface area contributed by atoms with Gasteiger partial charge in [-0.2, -0.15) is 0 Å². The molecule has 4 nitrogen and oxygen atoms in total. The number of rotatable bonds is 6. The normalized spacial score (nSPS) is 10.8. The van der Waals surface area contributed by atoms with Crippen molar-refractivity contribution in [3.8, 4) is 0 Å². The number of para-hydroxylation sites is 1. The van der Waals surface area contributed by atoms with Gasteiger partial charge in [0.05, 0.1) is 11.5 Å². The molecule has 0 fully saturated rings. The first-order valence-electron chi connectivity index (χ1n) is 7.68. The van der Waals surface area contributed by atoms with E-state index >= 15 is 0 Å². The second-order valence-electron chi connectivity index (χ2n) is 5.57. The minimum atomic E-state index is -0.159. The van der Waals surface area contributed by atoms with Crippen LogP contribution in [0, 0.1) is 6.92 Å². The fraction of sp³-hybridized carbons (Fsp3) is 0.158. The Hall–Kier alpha value is -2.24. The second kappa shape index (κ2) is 7.76. The Bertz CT molecular complexity index is 902. The van der Waals surface area contributed by atoms with Crippen molar-refractivity contribution in [3.63, 3.8) is 0 Å². The van der Waals surface area contributed by atoms with Crippen LogP contribution >= 0.6 is 23.4 Å². The number of nitrogens with one attached hydrogen (secondary N) is 1. The second-order valence-corrected chi connectivity index (χ2v) is 6.99. The number of carbonyl (C=O) groups is 2. The average molecular weight is 374 g/mol. The third-order valence-electron chi connectivity index (χ3n) is 3.63. The lowest BCUT2D eigenvalue weighted by Crippen LogP contribution is -2.16. The van der Waals surface area contributed by atoms with Gasteiger partial charge in [0.1, 0.15) is 5.58 Å². The monoisotopic (exact) mass is 373 g/mol. The fourth-order valence-corrected chi connectivity index (χ4v) is 3.29. The standard InChI is InChI=1S/C19H16ClNO3S/c1-12-8-14(20)6-7-15(12)21-19(23)11-25-10-16(22)18-9-13-4-2-3-5-17(13)24-18/h2-9H,10-11H2,1H3,(H,21,23). The summed E-state index contributed by atoms with van der Waals surface area (Å²) >= 11 is 7.15. The van der Waals surface area contributed by atoms with E-state index in [4.69, 9.17) is 16.0 Å². The van der Waals surface area contributed by atoms with E-state index in [-0.39, 0.29) is 23.2 Å². The van der Waals surface area contributed by atoms with Gasteiger partial charge in [-0.3, -0.25) is 9.59 Å². The lowest BCUT2D eigenvalue weighted by Gasteiger charge is -2.08. The molecule has 0 saturated carbocycles. The van der Waals surface area contributed by atoms with E-state index in [0.717, 1.165) is 16.6 Å². The van der Waals surface area contributed by atoms with Crippen molar-refractivity contribution in [2.45, 2.75) is 6.92 Å². The first-order chi connectivity index (χ1) is 12.0. The molecule has 0 atom stereocenters. The summed E-state index contributed by atoms with van der Waals surface area (Å²) in [6.07, 6.45) is 0. The SMILES string of the molecule is Cc1cc(Cl)ccc1NC(=O)CSCC(=O)c1cc2ccccc2o1. The van der Waals surface area contributed by atoms with E-state index in [2.05, 4.69) is 5.32 Å². The van der Waals surface area contributed by atoms with Crippen LogP contribution in [0.1, 0.15) is 16.1 Å². The van der Waals surface area contributed by atoms with Gasteiger partial charge in [-0.15, -0.1) is 11.8 Å². The van der Waals surface area contributed by atoms with E-state index < -0.39 is 0 Å². The predicted molar refractivity (Wildman–Crippen MR) is 103 cm³/mol. The number of halogens is 1. The number of furan rings is 1. The topological polar surface area (TPSA) is 59.3 Å². The Morgan fingerprint density at radius 3 is 2.68 bits per heavy atom. The number of hydrogen-bond donors (Lipinski definition) is 1. The lowest BCUT2D eigenvalue weighted by atomic mass is 10.2.